The van der Waals surface area contributed by atoms with Crippen LogP contribution in [0, 0.1) is 0 Å². The van der Waals surface area contributed by atoms with E-state index in [1.807, 2.05) is 11.9 Å². The summed E-state index contributed by atoms with van der Waals surface area (Å²) >= 11 is 3.02. The smallest absolute Gasteiger partial charge is 0.245 e. The SMILES string of the molecule is COCCN(C)CCNS(=O)(=O)c1cc(CO)oc1Br. The van der Waals surface area contributed by atoms with Gasteiger partial charge in [0.25, 0.3) is 0 Å². The van der Waals surface area contributed by atoms with Crippen LogP contribution in [-0.4, -0.2) is 58.8 Å². The zero-order chi connectivity index (χ0) is 15.2. The van der Waals surface area contributed by atoms with Gasteiger partial charge < -0.3 is 19.2 Å². The third-order valence-corrected chi connectivity index (χ3v) is 4.93. The quantitative estimate of drug-likeness (QED) is 0.653. The maximum atomic E-state index is 12.1. The first kappa shape index (κ1) is 17.6. The summed E-state index contributed by atoms with van der Waals surface area (Å²) in [4.78, 5) is 1.94. The van der Waals surface area contributed by atoms with Crippen molar-refractivity contribution < 1.29 is 22.7 Å². The fourth-order valence-electron chi connectivity index (χ4n) is 1.47. The van der Waals surface area contributed by atoms with Crippen LogP contribution in [0.4, 0.5) is 0 Å². The Morgan fingerprint density at radius 2 is 2.20 bits per heavy atom. The standard InChI is InChI=1S/C11H19BrN2O5S/c1-14(5-6-18-2)4-3-13-20(16,17)10-7-9(8-15)19-11(10)12/h7,13,15H,3-6,8H2,1-2H3. The first-order chi connectivity index (χ1) is 9.40. The number of nitrogens with one attached hydrogen (secondary N) is 1. The molecule has 7 nitrogen and oxygen atoms in total. The van der Waals surface area contributed by atoms with Gasteiger partial charge in [-0.25, -0.2) is 13.1 Å². The summed E-state index contributed by atoms with van der Waals surface area (Å²) in [6.45, 7) is 1.80. The van der Waals surface area contributed by atoms with Gasteiger partial charge in [-0.15, -0.1) is 0 Å². The van der Waals surface area contributed by atoms with Crippen molar-refractivity contribution in [1.29, 1.82) is 0 Å². The highest BCUT2D eigenvalue weighted by Crippen LogP contribution is 2.25. The molecule has 0 saturated heterocycles. The third-order valence-electron chi connectivity index (χ3n) is 2.61. The van der Waals surface area contributed by atoms with Gasteiger partial charge in [-0.05, 0) is 23.0 Å². The molecule has 20 heavy (non-hydrogen) atoms. The van der Waals surface area contributed by atoms with Gasteiger partial charge in [0.1, 0.15) is 17.3 Å². The molecule has 0 saturated carbocycles. The zero-order valence-electron chi connectivity index (χ0n) is 11.4. The largest absolute Gasteiger partial charge is 0.450 e. The number of ether oxygens (including phenoxy) is 1. The summed E-state index contributed by atoms with van der Waals surface area (Å²) in [5.41, 5.74) is 0. The minimum absolute atomic E-state index is 0.0129. The van der Waals surface area contributed by atoms with E-state index in [1.54, 1.807) is 7.11 Å². The number of aliphatic hydroxyl groups excluding tert-OH is 1. The minimum Gasteiger partial charge on any atom is -0.450 e. The fourth-order valence-corrected chi connectivity index (χ4v) is 3.48. The van der Waals surface area contributed by atoms with Gasteiger partial charge in [-0.1, -0.05) is 0 Å². The molecular formula is C11H19BrN2O5S. The molecule has 0 bridgehead atoms. The summed E-state index contributed by atoms with van der Waals surface area (Å²) < 4.78 is 36.7. The summed E-state index contributed by atoms with van der Waals surface area (Å²) in [5.74, 6) is 0.189. The number of likely N-dealkylation sites (N-methyl/N-ethyl adjacent to an activating group) is 1. The van der Waals surface area contributed by atoms with Crippen LogP contribution in [0.5, 0.6) is 0 Å². The second-order valence-electron chi connectivity index (χ2n) is 4.20. The number of furan rings is 1. The van der Waals surface area contributed by atoms with Crippen molar-refractivity contribution in [1.82, 2.24) is 9.62 Å². The van der Waals surface area contributed by atoms with Gasteiger partial charge >= 0.3 is 0 Å². The molecule has 116 valence electrons. The van der Waals surface area contributed by atoms with Crippen molar-refractivity contribution in [2.24, 2.45) is 0 Å². The maximum absolute atomic E-state index is 12.1. The Labute approximate surface area is 127 Å². The second-order valence-corrected chi connectivity index (χ2v) is 6.66. The molecule has 1 heterocycles. The molecule has 0 radical (unpaired) electrons. The minimum atomic E-state index is -3.66. The molecule has 1 aromatic rings. The number of rotatable bonds is 9. The molecular weight excluding hydrogens is 352 g/mol. The van der Waals surface area contributed by atoms with E-state index in [4.69, 9.17) is 14.3 Å². The van der Waals surface area contributed by atoms with Gasteiger partial charge in [0.2, 0.25) is 10.0 Å². The molecule has 1 aromatic heterocycles. The normalized spacial score (nSPS) is 12.2. The highest BCUT2D eigenvalue weighted by atomic mass is 79.9. The summed E-state index contributed by atoms with van der Waals surface area (Å²) in [7, 11) is -0.159. The Morgan fingerprint density at radius 1 is 1.50 bits per heavy atom. The average Bonchev–Trinajstić information content (AvgIpc) is 2.78. The Balaban J connectivity index is 2.55. The van der Waals surface area contributed by atoms with Crippen LogP contribution in [-0.2, 0) is 21.4 Å². The molecule has 0 spiro atoms. The van der Waals surface area contributed by atoms with Crippen LogP contribution >= 0.6 is 15.9 Å². The maximum Gasteiger partial charge on any atom is 0.245 e. The van der Waals surface area contributed by atoms with Crippen molar-refractivity contribution in [3.05, 3.63) is 16.5 Å². The Bertz CT molecular complexity index is 517. The van der Waals surface area contributed by atoms with Crippen LogP contribution < -0.4 is 4.72 Å². The van der Waals surface area contributed by atoms with Crippen LogP contribution in [0.3, 0.4) is 0 Å². The summed E-state index contributed by atoms with van der Waals surface area (Å²) in [5, 5.41) is 8.92. The number of hydrogen-bond acceptors (Lipinski definition) is 6. The third kappa shape index (κ3) is 5.15. The molecule has 0 unspecified atom stereocenters. The van der Waals surface area contributed by atoms with Crippen molar-refractivity contribution in [3.8, 4) is 0 Å². The fraction of sp³-hybridized carbons (Fsp3) is 0.636. The van der Waals surface area contributed by atoms with E-state index in [0.29, 0.717) is 13.2 Å². The number of aliphatic hydroxyl groups is 1. The zero-order valence-corrected chi connectivity index (χ0v) is 13.8. The first-order valence-corrected chi connectivity index (χ1v) is 8.24. The van der Waals surface area contributed by atoms with Crippen molar-refractivity contribution in [3.63, 3.8) is 0 Å². The molecule has 1 rings (SSSR count). The molecule has 0 atom stereocenters. The summed E-state index contributed by atoms with van der Waals surface area (Å²) in [6, 6.07) is 1.29. The second kappa shape index (κ2) is 8.11. The number of nitrogens with zero attached hydrogens (tertiary/aromatic N) is 1. The topological polar surface area (TPSA) is 92.0 Å². The van der Waals surface area contributed by atoms with E-state index >= 15 is 0 Å². The molecule has 0 aliphatic heterocycles. The van der Waals surface area contributed by atoms with Gasteiger partial charge in [-0.2, -0.15) is 0 Å². The molecule has 2 N–H and O–H groups in total. The van der Waals surface area contributed by atoms with Crippen LogP contribution in [0.1, 0.15) is 5.76 Å². The lowest BCUT2D eigenvalue weighted by atomic mass is 10.5. The molecule has 0 aliphatic carbocycles. The number of hydrogen-bond donors (Lipinski definition) is 2. The predicted octanol–water partition coefficient (Wildman–Crippen LogP) is 0.391. The van der Waals surface area contributed by atoms with E-state index < -0.39 is 10.0 Å². The van der Waals surface area contributed by atoms with E-state index in [1.165, 1.54) is 6.07 Å². The molecule has 0 aromatic carbocycles. The molecule has 0 amide bonds. The van der Waals surface area contributed by atoms with Gasteiger partial charge in [0.15, 0.2) is 4.67 Å². The molecule has 9 heteroatoms. The molecule has 0 aliphatic rings. The lowest BCUT2D eigenvalue weighted by molar-refractivity contribution is 0.162. The van der Waals surface area contributed by atoms with E-state index in [2.05, 4.69) is 20.7 Å². The van der Waals surface area contributed by atoms with Crippen LogP contribution in [0.25, 0.3) is 0 Å². The average molecular weight is 371 g/mol. The summed E-state index contributed by atoms with van der Waals surface area (Å²) in [6.07, 6.45) is 0. The van der Waals surface area contributed by atoms with E-state index in [-0.39, 0.29) is 28.5 Å². The van der Waals surface area contributed by atoms with Gasteiger partial charge in [0.05, 0.1) is 6.61 Å². The monoisotopic (exact) mass is 370 g/mol. The first-order valence-electron chi connectivity index (χ1n) is 5.97. The molecule has 0 fully saturated rings. The highest BCUT2D eigenvalue weighted by molar-refractivity contribution is 9.10. The number of sulfonamides is 1. The van der Waals surface area contributed by atoms with Crippen molar-refractivity contribution in [2.45, 2.75) is 11.5 Å². The van der Waals surface area contributed by atoms with Crippen molar-refractivity contribution >= 4 is 26.0 Å². The Kier molecular flexibility index (Phi) is 7.13. The van der Waals surface area contributed by atoms with Gasteiger partial charge in [0, 0.05) is 32.8 Å². The van der Waals surface area contributed by atoms with Crippen LogP contribution in [0.2, 0.25) is 0 Å². The highest BCUT2D eigenvalue weighted by Gasteiger charge is 2.21. The Hall–Kier alpha value is -0.450. The van der Waals surface area contributed by atoms with Gasteiger partial charge in [-0.3, -0.25) is 0 Å². The Morgan fingerprint density at radius 3 is 2.75 bits per heavy atom. The number of halogens is 1. The van der Waals surface area contributed by atoms with Crippen molar-refractivity contribution in [2.75, 3.05) is 40.4 Å². The predicted molar refractivity (Wildman–Crippen MR) is 76.9 cm³/mol. The number of methoxy groups -OCH3 is 1. The lowest BCUT2D eigenvalue weighted by Gasteiger charge is -2.15. The van der Waals surface area contributed by atoms with E-state index in [9.17, 15) is 8.42 Å². The lowest BCUT2D eigenvalue weighted by Crippen LogP contribution is -2.34. The van der Waals surface area contributed by atoms with Crippen LogP contribution in [0.15, 0.2) is 20.0 Å². The van der Waals surface area contributed by atoms with E-state index in [0.717, 1.165) is 6.54 Å².